The largest absolute Gasteiger partial charge is 0.489 e. The second kappa shape index (κ2) is 6.79. The second-order valence-electron chi connectivity index (χ2n) is 4.36. The molecule has 0 fully saturated rings. The number of rotatable bonds is 7. The van der Waals surface area contributed by atoms with Crippen LogP contribution < -0.4 is 4.74 Å². The summed E-state index contributed by atoms with van der Waals surface area (Å²) in [5, 5.41) is 0. The fourth-order valence-electron chi connectivity index (χ4n) is 1.86. The number of halogens is 1. The van der Waals surface area contributed by atoms with Gasteiger partial charge in [-0.05, 0) is 31.4 Å². The number of aromatic nitrogens is 1. The van der Waals surface area contributed by atoms with Crippen molar-refractivity contribution in [3.05, 3.63) is 36.4 Å². The van der Waals surface area contributed by atoms with E-state index in [0.717, 1.165) is 12.8 Å². The quantitative estimate of drug-likeness (QED) is 0.432. The maximum Gasteiger partial charge on any atom is 0.255 e. The lowest BCUT2D eigenvalue weighted by molar-refractivity contribution is -0.136. The number of carbonyl (C=O) groups excluding carboxylic acids is 2. The molecule has 20 heavy (non-hydrogen) atoms. The number of hydrogen-bond acceptors (Lipinski definition) is 4. The van der Waals surface area contributed by atoms with Crippen molar-refractivity contribution < 1.29 is 18.7 Å². The molecule has 1 aliphatic rings. The third kappa shape index (κ3) is 3.63. The topological polar surface area (TPSA) is 59.5 Å². The summed E-state index contributed by atoms with van der Waals surface area (Å²) in [6.07, 6.45) is 6.13. The zero-order valence-electron chi connectivity index (χ0n) is 10.9. The number of nitrogens with zero attached hydrogens (tertiary/aromatic N) is 2. The Morgan fingerprint density at radius 3 is 2.60 bits per heavy atom. The fourth-order valence-corrected chi connectivity index (χ4v) is 1.86. The smallest absolute Gasteiger partial charge is 0.255 e. The van der Waals surface area contributed by atoms with Crippen LogP contribution in [0.1, 0.15) is 19.3 Å². The second-order valence-corrected chi connectivity index (χ2v) is 4.36. The Hall–Kier alpha value is -2.24. The number of imide groups is 1. The van der Waals surface area contributed by atoms with Crippen molar-refractivity contribution in [2.75, 3.05) is 13.2 Å². The van der Waals surface area contributed by atoms with Crippen molar-refractivity contribution in [1.29, 1.82) is 0 Å². The van der Waals surface area contributed by atoms with Gasteiger partial charge in [-0.25, -0.2) is 4.98 Å². The third-order valence-electron chi connectivity index (χ3n) is 2.91. The van der Waals surface area contributed by atoms with Crippen LogP contribution >= 0.6 is 0 Å². The van der Waals surface area contributed by atoms with Crippen LogP contribution in [-0.2, 0) is 9.59 Å². The summed E-state index contributed by atoms with van der Waals surface area (Å²) in [6, 6.07) is 3.13. The molecule has 0 atom stereocenters. The highest BCUT2D eigenvalue weighted by molar-refractivity contribution is 6.12. The first kappa shape index (κ1) is 14.2. The summed E-state index contributed by atoms with van der Waals surface area (Å²) in [4.78, 5) is 27.2. The van der Waals surface area contributed by atoms with Crippen LogP contribution in [0, 0.1) is 5.95 Å². The monoisotopic (exact) mass is 278 g/mol. The molecule has 2 amide bonds. The van der Waals surface area contributed by atoms with Crippen molar-refractivity contribution in [3.63, 3.8) is 0 Å². The van der Waals surface area contributed by atoms with E-state index in [2.05, 4.69) is 4.98 Å². The number of carbonyl (C=O) groups is 2. The van der Waals surface area contributed by atoms with Crippen LogP contribution in [0.2, 0.25) is 0 Å². The first-order chi connectivity index (χ1) is 9.68. The average molecular weight is 278 g/mol. The third-order valence-corrected chi connectivity index (χ3v) is 2.91. The minimum Gasteiger partial charge on any atom is -0.489 e. The first-order valence-corrected chi connectivity index (χ1v) is 6.45. The highest BCUT2D eigenvalue weighted by atomic mass is 19.1. The number of unbranched alkanes of at least 4 members (excludes halogenated alkanes) is 2. The van der Waals surface area contributed by atoms with Gasteiger partial charge in [0.25, 0.3) is 17.8 Å². The summed E-state index contributed by atoms with van der Waals surface area (Å²) >= 11 is 0. The average Bonchev–Trinajstić information content (AvgIpc) is 2.76. The Morgan fingerprint density at radius 2 is 1.90 bits per heavy atom. The molecule has 0 spiro atoms. The van der Waals surface area contributed by atoms with Crippen molar-refractivity contribution in [1.82, 2.24) is 9.88 Å². The molecule has 0 bridgehead atoms. The van der Waals surface area contributed by atoms with E-state index < -0.39 is 5.95 Å². The van der Waals surface area contributed by atoms with Gasteiger partial charge in [-0.3, -0.25) is 14.5 Å². The number of hydrogen-bond donors (Lipinski definition) is 0. The highest BCUT2D eigenvalue weighted by Crippen LogP contribution is 2.13. The van der Waals surface area contributed by atoms with Crippen LogP contribution in [0.5, 0.6) is 5.75 Å². The minimum absolute atomic E-state index is 0.140. The van der Waals surface area contributed by atoms with E-state index in [9.17, 15) is 14.0 Å². The Bertz CT molecular complexity index is 513. The molecule has 1 aromatic rings. The number of amides is 2. The summed E-state index contributed by atoms with van der Waals surface area (Å²) < 4.78 is 18.4. The summed E-state index contributed by atoms with van der Waals surface area (Å²) in [6.45, 7) is 0.786. The Kier molecular flexibility index (Phi) is 4.81. The van der Waals surface area contributed by atoms with E-state index in [1.165, 1.54) is 29.3 Å². The van der Waals surface area contributed by atoms with Crippen molar-refractivity contribution >= 4 is 11.8 Å². The molecule has 1 aliphatic heterocycles. The van der Waals surface area contributed by atoms with Gasteiger partial charge in [0, 0.05) is 24.9 Å². The van der Waals surface area contributed by atoms with Crippen LogP contribution in [0.15, 0.2) is 30.5 Å². The maximum absolute atomic E-state index is 13.1. The fraction of sp³-hybridized carbons (Fsp3) is 0.357. The van der Waals surface area contributed by atoms with Gasteiger partial charge >= 0.3 is 0 Å². The van der Waals surface area contributed by atoms with Crippen molar-refractivity contribution in [2.24, 2.45) is 0 Å². The van der Waals surface area contributed by atoms with Crippen LogP contribution in [-0.4, -0.2) is 34.8 Å². The van der Waals surface area contributed by atoms with Gasteiger partial charge in [0.2, 0.25) is 0 Å². The van der Waals surface area contributed by atoms with Crippen LogP contribution in [0.4, 0.5) is 4.39 Å². The molecule has 0 aromatic carbocycles. The Morgan fingerprint density at radius 1 is 1.15 bits per heavy atom. The molecule has 6 heteroatoms. The van der Waals surface area contributed by atoms with Crippen LogP contribution in [0.25, 0.3) is 0 Å². The molecule has 0 N–H and O–H groups in total. The predicted octanol–water partition coefficient (Wildman–Crippen LogP) is 1.69. The molecule has 5 nitrogen and oxygen atoms in total. The molecular weight excluding hydrogens is 263 g/mol. The molecular formula is C14H15FN2O3. The summed E-state index contributed by atoms with van der Waals surface area (Å²) in [7, 11) is 0. The minimum atomic E-state index is -0.619. The molecule has 2 rings (SSSR count). The van der Waals surface area contributed by atoms with E-state index in [0.29, 0.717) is 19.6 Å². The zero-order chi connectivity index (χ0) is 14.4. The molecule has 1 aromatic heterocycles. The zero-order valence-corrected chi connectivity index (χ0v) is 10.9. The molecule has 2 heterocycles. The van der Waals surface area contributed by atoms with Gasteiger partial charge in [0.15, 0.2) is 5.75 Å². The van der Waals surface area contributed by atoms with Crippen molar-refractivity contribution in [2.45, 2.75) is 19.3 Å². The van der Waals surface area contributed by atoms with Crippen LogP contribution in [0.3, 0.4) is 0 Å². The molecule has 0 saturated heterocycles. The lowest BCUT2D eigenvalue weighted by Crippen LogP contribution is -2.30. The number of pyridine rings is 1. The van der Waals surface area contributed by atoms with Crippen molar-refractivity contribution in [3.8, 4) is 5.75 Å². The summed E-state index contributed by atoms with van der Waals surface area (Å²) in [5.74, 6) is -0.999. The van der Waals surface area contributed by atoms with Gasteiger partial charge in [0.05, 0.1) is 6.61 Å². The molecule has 0 radical (unpaired) electrons. The van der Waals surface area contributed by atoms with E-state index in [1.807, 2.05) is 0 Å². The predicted molar refractivity (Wildman–Crippen MR) is 69.4 cm³/mol. The summed E-state index contributed by atoms with van der Waals surface area (Å²) in [5.41, 5.74) is 0. The standard InChI is InChI=1S/C14H15FN2O3/c15-14-11(5-4-8-16-14)20-10-3-1-2-9-17-12(18)6-7-13(17)19/h4-8H,1-3,9-10H2. The molecule has 106 valence electrons. The van der Waals surface area contributed by atoms with E-state index in [4.69, 9.17) is 4.74 Å². The van der Waals surface area contributed by atoms with Gasteiger partial charge in [0.1, 0.15) is 0 Å². The molecule has 0 saturated carbocycles. The lowest BCUT2D eigenvalue weighted by atomic mass is 10.2. The van der Waals surface area contributed by atoms with Gasteiger partial charge < -0.3 is 4.74 Å². The lowest BCUT2D eigenvalue weighted by Gasteiger charge is -2.13. The van der Waals surface area contributed by atoms with E-state index in [-0.39, 0.29) is 17.6 Å². The van der Waals surface area contributed by atoms with Gasteiger partial charge in [-0.1, -0.05) is 0 Å². The van der Waals surface area contributed by atoms with E-state index >= 15 is 0 Å². The van der Waals surface area contributed by atoms with Gasteiger partial charge in [-0.2, -0.15) is 4.39 Å². The normalized spacial score (nSPS) is 14.2. The SMILES string of the molecule is O=C1C=CC(=O)N1CCCCCOc1cccnc1F. The first-order valence-electron chi connectivity index (χ1n) is 6.45. The number of ether oxygens (including phenoxy) is 1. The van der Waals surface area contributed by atoms with E-state index in [1.54, 1.807) is 6.07 Å². The Labute approximate surface area is 116 Å². The molecule has 0 aliphatic carbocycles. The highest BCUT2D eigenvalue weighted by Gasteiger charge is 2.22. The van der Waals surface area contributed by atoms with Gasteiger partial charge in [-0.15, -0.1) is 0 Å². The molecule has 0 unspecified atom stereocenters. The maximum atomic E-state index is 13.1. The Balaban J connectivity index is 1.60.